The van der Waals surface area contributed by atoms with Gasteiger partial charge in [-0.25, -0.2) is 0 Å². The summed E-state index contributed by atoms with van der Waals surface area (Å²) in [6.45, 7) is 9.84. The Hall–Kier alpha value is -0.510. The molecule has 0 spiro atoms. The Morgan fingerprint density at radius 1 is 1.28 bits per heavy atom. The van der Waals surface area contributed by atoms with Crippen molar-refractivity contribution in [2.24, 2.45) is 0 Å². The molecule has 102 valence electrons. The predicted molar refractivity (Wildman–Crippen MR) is 80.2 cm³/mol. The summed E-state index contributed by atoms with van der Waals surface area (Å²) < 4.78 is 0. The Bertz CT molecular complexity index is 371. The van der Waals surface area contributed by atoms with Crippen molar-refractivity contribution in [2.75, 3.05) is 12.4 Å². The summed E-state index contributed by atoms with van der Waals surface area (Å²) in [4.78, 5) is 1.32. The largest absolute Gasteiger partial charge is 0.396 e. The van der Waals surface area contributed by atoms with Gasteiger partial charge in [-0.05, 0) is 45.7 Å². The maximum atomic E-state index is 8.84. The van der Waals surface area contributed by atoms with Crippen molar-refractivity contribution in [1.29, 1.82) is 0 Å². The average Bonchev–Trinajstić information content (AvgIpc) is 2.28. The van der Waals surface area contributed by atoms with Gasteiger partial charge in [-0.1, -0.05) is 17.7 Å². The summed E-state index contributed by atoms with van der Waals surface area (Å²) >= 11 is 1.83. The van der Waals surface area contributed by atoms with Crippen LogP contribution in [-0.2, 0) is 6.54 Å². The van der Waals surface area contributed by atoms with Gasteiger partial charge in [0.25, 0.3) is 0 Å². The molecular formula is C15H25NOS. The number of aliphatic hydroxyl groups is 1. The molecule has 2 N–H and O–H groups in total. The molecule has 1 aromatic carbocycles. The van der Waals surface area contributed by atoms with Crippen molar-refractivity contribution in [3.05, 3.63) is 29.3 Å². The summed E-state index contributed by atoms with van der Waals surface area (Å²) in [7, 11) is 0. The van der Waals surface area contributed by atoms with Crippen LogP contribution in [0.15, 0.2) is 23.1 Å². The number of hydrogen-bond donors (Lipinski definition) is 2. The first-order valence-electron chi connectivity index (χ1n) is 6.50. The number of benzene rings is 1. The Morgan fingerprint density at radius 2 is 2.00 bits per heavy atom. The molecule has 0 atom stereocenters. The fourth-order valence-corrected chi connectivity index (χ4v) is 2.57. The fraction of sp³-hybridized carbons (Fsp3) is 0.600. The van der Waals surface area contributed by atoms with Crippen LogP contribution in [0.3, 0.4) is 0 Å². The third-order valence-corrected chi connectivity index (χ3v) is 3.79. The van der Waals surface area contributed by atoms with Gasteiger partial charge in [0.2, 0.25) is 0 Å². The van der Waals surface area contributed by atoms with Crippen LogP contribution in [0.25, 0.3) is 0 Å². The van der Waals surface area contributed by atoms with E-state index in [1.165, 1.54) is 16.0 Å². The normalized spacial score (nSPS) is 11.8. The zero-order valence-electron chi connectivity index (χ0n) is 11.9. The van der Waals surface area contributed by atoms with E-state index in [0.29, 0.717) is 0 Å². The second-order valence-corrected chi connectivity index (χ2v) is 6.78. The number of nitrogens with one attached hydrogen (secondary N) is 1. The third-order valence-electron chi connectivity index (χ3n) is 2.59. The van der Waals surface area contributed by atoms with Crippen molar-refractivity contribution in [1.82, 2.24) is 5.32 Å². The molecule has 1 aromatic rings. The van der Waals surface area contributed by atoms with E-state index in [1.807, 2.05) is 11.8 Å². The summed E-state index contributed by atoms with van der Waals surface area (Å²) in [5, 5.41) is 12.4. The smallest absolute Gasteiger partial charge is 0.0439 e. The molecule has 2 nitrogen and oxygen atoms in total. The van der Waals surface area contributed by atoms with E-state index in [1.54, 1.807) is 0 Å². The van der Waals surface area contributed by atoms with Gasteiger partial charge in [0, 0.05) is 29.3 Å². The first-order chi connectivity index (χ1) is 8.42. The predicted octanol–water partition coefficient (Wildman–Crippen LogP) is 3.36. The average molecular weight is 267 g/mol. The van der Waals surface area contributed by atoms with Crippen molar-refractivity contribution in [3.8, 4) is 0 Å². The molecule has 0 aromatic heterocycles. The molecule has 0 saturated carbocycles. The van der Waals surface area contributed by atoms with Crippen molar-refractivity contribution in [2.45, 2.75) is 51.1 Å². The quantitative estimate of drug-likeness (QED) is 0.612. The Balaban J connectivity index is 2.70. The van der Waals surface area contributed by atoms with Crippen LogP contribution in [0.5, 0.6) is 0 Å². The molecule has 3 heteroatoms. The van der Waals surface area contributed by atoms with E-state index >= 15 is 0 Å². The SMILES string of the molecule is Cc1ccc(SCCCO)c(CNC(C)(C)C)c1. The van der Waals surface area contributed by atoms with Crippen LogP contribution in [0.2, 0.25) is 0 Å². The van der Waals surface area contributed by atoms with Gasteiger partial charge in [-0.2, -0.15) is 0 Å². The van der Waals surface area contributed by atoms with Crippen molar-refractivity contribution < 1.29 is 5.11 Å². The lowest BCUT2D eigenvalue weighted by atomic mass is 10.1. The molecule has 1 rings (SSSR count). The van der Waals surface area contributed by atoms with E-state index < -0.39 is 0 Å². The molecule has 0 radical (unpaired) electrons. The molecule has 0 amide bonds. The summed E-state index contributed by atoms with van der Waals surface area (Å²) in [5.74, 6) is 0.974. The van der Waals surface area contributed by atoms with Gasteiger partial charge in [0.1, 0.15) is 0 Å². The van der Waals surface area contributed by atoms with Gasteiger partial charge >= 0.3 is 0 Å². The molecular weight excluding hydrogens is 242 g/mol. The standard InChI is InChI=1S/C15H25NOS/c1-12-6-7-14(18-9-5-8-17)13(10-12)11-16-15(2,3)4/h6-7,10,16-17H,5,8-9,11H2,1-4H3. The fourth-order valence-electron chi connectivity index (χ4n) is 1.59. The van der Waals surface area contributed by atoms with Crippen molar-refractivity contribution >= 4 is 11.8 Å². The van der Waals surface area contributed by atoms with E-state index in [0.717, 1.165) is 18.7 Å². The number of thioether (sulfide) groups is 1. The number of hydrogen-bond acceptors (Lipinski definition) is 3. The highest BCUT2D eigenvalue weighted by Crippen LogP contribution is 2.25. The molecule has 0 saturated heterocycles. The van der Waals surface area contributed by atoms with Crippen LogP contribution in [0, 0.1) is 6.92 Å². The van der Waals surface area contributed by atoms with E-state index in [-0.39, 0.29) is 12.1 Å². The first kappa shape index (κ1) is 15.5. The van der Waals surface area contributed by atoms with Crippen LogP contribution >= 0.6 is 11.8 Å². The maximum absolute atomic E-state index is 8.84. The number of rotatable bonds is 6. The minimum absolute atomic E-state index is 0.136. The lowest BCUT2D eigenvalue weighted by Gasteiger charge is -2.22. The zero-order chi connectivity index (χ0) is 13.6. The lowest BCUT2D eigenvalue weighted by Crippen LogP contribution is -2.35. The Kier molecular flexibility index (Phi) is 6.19. The Labute approximate surface area is 115 Å². The van der Waals surface area contributed by atoms with Gasteiger partial charge in [0.15, 0.2) is 0 Å². The molecule has 0 aliphatic rings. The Morgan fingerprint density at radius 3 is 2.61 bits per heavy atom. The van der Waals surface area contributed by atoms with Crippen LogP contribution in [-0.4, -0.2) is 23.0 Å². The second kappa shape index (κ2) is 7.17. The van der Waals surface area contributed by atoms with Crippen molar-refractivity contribution in [3.63, 3.8) is 0 Å². The van der Waals surface area contributed by atoms with Gasteiger partial charge in [-0.3, -0.25) is 0 Å². The number of aliphatic hydroxyl groups excluding tert-OH is 1. The molecule has 18 heavy (non-hydrogen) atoms. The maximum Gasteiger partial charge on any atom is 0.0439 e. The first-order valence-corrected chi connectivity index (χ1v) is 7.49. The monoisotopic (exact) mass is 267 g/mol. The second-order valence-electron chi connectivity index (χ2n) is 5.64. The minimum Gasteiger partial charge on any atom is -0.396 e. The van der Waals surface area contributed by atoms with Crippen LogP contribution in [0.4, 0.5) is 0 Å². The summed E-state index contributed by atoms with van der Waals surface area (Å²) in [6.07, 6.45) is 0.852. The lowest BCUT2D eigenvalue weighted by molar-refractivity contribution is 0.296. The highest BCUT2D eigenvalue weighted by atomic mass is 32.2. The van der Waals surface area contributed by atoms with Crippen LogP contribution in [0.1, 0.15) is 38.3 Å². The van der Waals surface area contributed by atoms with E-state index in [9.17, 15) is 0 Å². The molecule has 0 aliphatic heterocycles. The van der Waals surface area contributed by atoms with Gasteiger partial charge in [0.05, 0.1) is 0 Å². The van der Waals surface area contributed by atoms with E-state index in [2.05, 4.69) is 51.2 Å². The molecule has 0 heterocycles. The molecule has 0 aliphatic carbocycles. The summed E-state index contributed by atoms with van der Waals surface area (Å²) in [6, 6.07) is 6.60. The molecule has 0 unspecified atom stereocenters. The summed E-state index contributed by atoms with van der Waals surface area (Å²) in [5.41, 5.74) is 2.79. The third kappa shape index (κ3) is 5.89. The minimum atomic E-state index is 0.136. The van der Waals surface area contributed by atoms with E-state index in [4.69, 9.17) is 5.11 Å². The van der Waals surface area contributed by atoms with Gasteiger partial charge in [-0.15, -0.1) is 11.8 Å². The van der Waals surface area contributed by atoms with Gasteiger partial charge < -0.3 is 10.4 Å². The highest BCUT2D eigenvalue weighted by Gasteiger charge is 2.10. The van der Waals surface area contributed by atoms with Crippen LogP contribution < -0.4 is 5.32 Å². The highest BCUT2D eigenvalue weighted by molar-refractivity contribution is 7.99. The zero-order valence-corrected chi connectivity index (χ0v) is 12.7. The molecule has 0 fully saturated rings. The topological polar surface area (TPSA) is 32.3 Å². The molecule has 0 bridgehead atoms. The number of aryl methyl sites for hydroxylation is 1.